The Labute approximate surface area is 119 Å². The van der Waals surface area contributed by atoms with E-state index in [0.29, 0.717) is 24.4 Å². The molecule has 0 aliphatic heterocycles. The zero-order valence-corrected chi connectivity index (χ0v) is 12.1. The first-order valence-electron chi connectivity index (χ1n) is 6.24. The lowest BCUT2D eigenvalue weighted by atomic mass is 10.2. The third-order valence-electron chi connectivity index (χ3n) is 2.50. The fraction of sp³-hybridized carbons (Fsp3) is 0.429. The Morgan fingerprint density at radius 2 is 2.26 bits per heavy atom. The zero-order valence-electron chi connectivity index (χ0n) is 11.3. The summed E-state index contributed by atoms with van der Waals surface area (Å²) in [6.07, 6.45) is 0.829. The van der Waals surface area contributed by atoms with Crippen LogP contribution in [0, 0.1) is 6.92 Å². The molecule has 1 atom stereocenters. The smallest absolute Gasteiger partial charge is 0.223 e. The van der Waals surface area contributed by atoms with Gasteiger partial charge in [-0.25, -0.2) is 0 Å². The standard InChI is InChI=1S/C14H20N2O2S/c1-10-4-3-5-12(8-10)18-7-6-14(17)16-11(2)9-13(15)19/h3-5,8,11H,6-7,9H2,1-2H3,(H2,15,19)(H,16,17). The number of thiocarbonyl (C=S) groups is 1. The maximum Gasteiger partial charge on any atom is 0.223 e. The summed E-state index contributed by atoms with van der Waals surface area (Å²) in [6, 6.07) is 7.70. The van der Waals surface area contributed by atoms with Gasteiger partial charge >= 0.3 is 0 Å². The number of carbonyl (C=O) groups excluding carboxylic acids is 1. The van der Waals surface area contributed by atoms with Crippen molar-refractivity contribution in [1.29, 1.82) is 0 Å². The molecule has 0 saturated carbocycles. The molecule has 1 aromatic carbocycles. The first-order valence-corrected chi connectivity index (χ1v) is 6.65. The van der Waals surface area contributed by atoms with Crippen LogP contribution in [0.15, 0.2) is 24.3 Å². The Bertz CT molecular complexity index is 449. The van der Waals surface area contributed by atoms with Gasteiger partial charge in [-0.15, -0.1) is 0 Å². The second kappa shape index (κ2) is 7.74. The van der Waals surface area contributed by atoms with E-state index in [4.69, 9.17) is 22.7 Å². The highest BCUT2D eigenvalue weighted by Crippen LogP contribution is 2.12. The van der Waals surface area contributed by atoms with Gasteiger partial charge in [-0.1, -0.05) is 24.4 Å². The van der Waals surface area contributed by atoms with Gasteiger partial charge in [0, 0.05) is 12.5 Å². The van der Waals surface area contributed by atoms with E-state index in [-0.39, 0.29) is 11.9 Å². The van der Waals surface area contributed by atoms with Crippen molar-refractivity contribution in [2.75, 3.05) is 6.61 Å². The molecule has 0 aliphatic rings. The van der Waals surface area contributed by atoms with Crippen molar-refractivity contribution in [2.45, 2.75) is 32.7 Å². The Kier molecular flexibility index (Phi) is 6.29. The van der Waals surface area contributed by atoms with Gasteiger partial charge in [0.2, 0.25) is 5.91 Å². The van der Waals surface area contributed by atoms with Crippen LogP contribution in [-0.4, -0.2) is 23.5 Å². The summed E-state index contributed by atoms with van der Waals surface area (Å²) in [5, 5.41) is 2.82. The van der Waals surface area contributed by atoms with E-state index >= 15 is 0 Å². The van der Waals surface area contributed by atoms with E-state index in [1.54, 1.807) is 0 Å². The molecule has 0 saturated heterocycles. The Morgan fingerprint density at radius 1 is 1.53 bits per heavy atom. The number of ether oxygens (including phenoxy) is 1. The summed E-state index contributed by atoms with van der Waals surface area (Å²) in [7, 11) is 0. The molecule has 4 nitrogen and oxygen atoms in total. The number of nitrogens with one attached hydrogen (secondary N) is 1. The summed E-state index contributed by atoms with van der Waals surface area (Å²) in [5.74, 6) is 0.723. The van der Waals surface area contributed by atoms with Crippen molar-refractivity contribution in [3.8, 4) is 5.75 Å². The largest absolute Gasteiger partial charge is 0.493 e. The molecule has 1 unspecified atom stereocenters. The predicted molar refractivity (Wildman–Crippen MR) is 80.3 cm³/mol. The second-order valence-corrected chi connectivity index (χ2v) is 5.08. The van der Waals surface area contributed by atoms with E-state index in [1.165, 1.54) is 0 Å². The maximum absolute atomic E-state index is 11.6. The molecule has 1 rings (SSSR count). The number of carbonyl (C=O) groups is 1. The first-order chi connectivity index (χ1) is 8.97. The third-order valence-corrected chi connectivity index (χ3v) is 2.67. The molecule has 0 aliphatic carbocycles. The molecule has 5 heteroatoms. The van der Waals surface area contributed by atoms with Crippen molar-refractivity contribution >= 4 is 23.1 Å². The molecule has 1 amide bonds. The molecule has 0 spiro atoms. The first kappa shape index (κ1) is 15.4. The molecule has 0 fully saturated rings. The van der Waals surface area contributed by atoms with E-state index in [0.717, 1.165) is 11.3 Å². The second-order valence-electron chi connectivity index (χ2n) is 4.55. The lowest BCUT2D eigenvalue weighted by Crippen LogP contribution is -2.35. The lowest BCUT2D eigenvalue weighted by molar-refractivity contribution is -0.122. The van der Waals surface area contributed by atoms with Gasteiger partial charge in [-0.3, -0.25) is 4.79 Å². The van der Waals surface area contributed by atoms with Crippen LogP contribution in [0.4, 0.5) is 0 Å². The summed E-state index contributed by atoms with van der Waals surface area (Å²) in [6.45, 7) is 4.23. The molecule has 0 radical (unpaired) electrons. The lowest BCUT2D eigenvalue weighted by Gasteiger charge is -2.13. The van der Waals surface area contributed by atoms with Crippen molar-refractivity contribution in [3.63, 3.8) is 0 Å². The van der Waals surface area contributed by atoms with Crippen molar-refractivity contribution in [2.24, 2.45) is 5.73 Å². The normalized spacial score (nSPS) is 11.7. The van der Waals surface area contributed by atoms with Gasteiger partial charge < -0.3 is 15.8 Å². The Morgan fingerprint density at radius 3 is 2.89 bits per heavy atom. The van der Waals surface area contributed by atoms with Crippen LogP contribution >= 0.6 is 12.2 Å². The van der Waals surface area contributed by atoms with E-state index in [2.05, 4.69) is 5.32 Å². The summed E-state index contributed by atoms with van der Waals surface area (Å²) >= 11 is 4.79. The van der Waals surface area contributed by atoms with Crippen LogP contribution in [0.1, 0.15) is 25.3 Å². The minimum absolute atomic E-state index is 0.0380. The van der Waals surface area contributed by atoms with Crippen LogP contribution in [0.5, 0.6) is 5.75 Å². The van der Waals surface area contributed by atoms with Gasteiger partial charge in [0.25, 0.3) is 0 Å². The zero-order chi connectivity index (χ0) is 14.3. The molecule has 0 bridgehead atoms. The highest BCUT2D eigenvalue weighted by atomic mass is 32.1. The third kappa shape index (κ3) is 6.76. The van der Waals surface area contributed by atoms with Crippen LogP contribution in [0.3, 0.4) is 0 Å². The predicted octanol–water partition coefficient (Wildman–Crippen LogP) is 1.94. The Hall–Kier alpha value is -1.62. The van der Waals surface area contributed by atoms with E-state index in [1.807, 2.05) is 38.1 Å². The molecule has 1 aromatic rings. The number of rotatable bonds is 7. The average molecular weight is 280 g/mol. The van der Waals surface area contributed by atoms with Gasteiger partial charge in [-0.05, 0) is 31.5 Å². The Balaban J connectivity index is 2.25. The molecule has 104 valence electrons. The van der Waals surface area contributed by atoms with Gasteiger partial charge in [0.15, 0.2) is 0 Å². The van der Waals surface area contributed by atoms with Crippen LogP contribution in [0.25, 0.3) is 0 Å². The fourth-order valence-electron chi connectivity index (χ4n) is 1.67. The monoisotopic (exact) mass is 280 g/mol. The minimum Gasteiger partial charge on any atom is -0.493 e. The van der Waals surface area contributed by atoms with Crippen LogP contribution in [-0.2, 0) is 4.79 Å². The van der Waals surface area contributed by atoms with E-state index in [9.17, 15) is 4.79 Å². The SMILES string of the molecule is Cc1cccc(OCCC(=O)NC(C)CC(N)=S)c1. The molecule has 3 N–H and O–H groups in total. The number of benzene rings is 1. The quantitative estimate of drug-likeness (QED) is 0.749. The highest BCUT2D eigenvalue weighted by molar-refractivity contribution is 7.80. The maximum atomic E-state index is 11.6. The molecular weight excluding hydrogens is 260 g/mol. The van der Waals surface area contributed by atoms with Gasteiger partial charge in [0.1, 0.15) is 5.75 Å². The van der Waals surface area contributed by atoms with Gasteiger partial charge in [-0.2, -0.15) is 0 Å². The van der Waals surface area contributed by atoms with Crippen molar-refractivity contribution in [3.05, 3.63) is 29.8 Å². The van der Waals surface area contributed by atoms with Crippen molar-refractivity contribution < 1.29 is 9.53 Å². The minimum atomic E-state index is -0.0589. The molecule has 19 heavy (non-hydrogen) atoms. The molecule has 0 aromatic heterocycles. The fourth-order valence-corrected chi connectivity index (χ4v) is 1.92. The summed E-state index contributed by atoms with van der Waals surface area (Å²) < 4.78 is 5.51. The number of amides is 1. The number of hydrogen-bond acceptors (Lipinski definition) is 3. The summed E-state index contributed by atoms with van der Waals surface area (Å²) in [4.78, 5) is 12.0. The van der Waals surface area contributed by atoms with Crippen molar-refractivity contribution in [1.82, 2.24) is 5.32 Å². The van der Waals surface area contributed by atoms with Crippen LogP contribution in [0.2, 0.25) is 0 Å². The molecule has 0 heterocycles. The van der Waals surface area contributed by atoms with Gasteiger partial charge in [0.05, 0.1) is 18.0 Å². The summed E-state index contributed by atoms with van der Waals surface area (Å²) in [5.41, 5.74) is 6.55. The van der Waals surface area contributed by atoms with E-state index < -0.39 is 0 Å². The average Bonchev–Trinajstić information content (AvgIpc) is 2.27. The van der Waals surface area contributed by atoms with Crippen LogP contribution < -0.4 is 15.8 Å². The number of nitrogens with two attached hydrogens (primary N) is 1. The topological polar surface area (TPSA) is 64.3 Å². The number of aryl methyl sites for hydroxylation is 1. The highest BCUT2D eigenvalue weighted by Gasteiger charge is 2.08. The molecular formula is C14H20N2O2S. The number of hydrogen-bond donors (Lipinski definition) is 2.